The topological polar surface area (TPSA) is 115 Å². The zero-order chi connectivity index (χ0) is 28.8. The third-order valence-corrected chi connectivity index (χ3v) is 8.75. The molecule has 0 bridgehead atoms. The number of benzene rings is 2. The molecule has 3 aromatic rings. The van der Waals surface area contributed by atoms with Crippen molar-refractivity contribution >= 4 is 41.0 Å². The van der Waals surface area contributed by atoms with E-state index in [1.807, 2.05) is 6.92 Å². The Morgan fingerprint density at radius 3 is 2.54 bits per heavy atom. The van der Waals surface area contributed by atoms with Gasteiger partial charge in [0.05, 0.1) is 47.2 Å². The summed E-state index contributed by atoms with van der Waals surface area (Å²) < 4.78 is 13.0. The summed E-state index contributed by atoms with van der Waals surface area (Å²) in [5, 5.41) is 6.72. The Kier molecular flexibility index (Phi) is 7.50. The van der Waals surface area contributed by atoms with Crippen LogP contribution in [0.1, 0.15) is 45.3 Å². The van der Waals surface area contributed by atoms with Gasteiger partial charge >= 0.3 is 0 Å². The standard InChI is InChI=1S/C29H29Cl2N5O5/c1-15-11-20-23(13-35(15)26(38)17-5-8-21(30)22(31)12-17)33-29(34-24-14-41-28-19(24)9-10-40-28)36(27(20)39)18-6-3-16(4-7-18)25(37)32-2/h3-8,12,15,19,24,28H,9-11,13-14H2,1-2H3,(H,32,37)(H,33,34)/t15-,19-,24+,28+/m1/s1. The second-order valence-electron chi connectivity index (χ2n) is 10.5. The van der Waals surface area contributed by atoms with Crippen LogP contribution >= 0.6 is 23.2 Å². The minimum Gasteiger partial charge on any atom is -0.355 e. The van der Waals surface area contributed by atoms with E-state index in [0.717, 1.165) is 6.42 Å². The summed E-state index contributed by atoms with van der Waals surface area (Å²) in [7, 11) is 1.57. The van der Waals surface area contributed by atoms with E-state index in [2.05, 4.69) is 10.6 Å². The number of amides is 2. The predicted octanol–water partition coefficient (Wildman–Crippen LogP) is 3.66. The molecule has 4 heterocycles. The van der Waals surface area contributed by atoms with Gasteiger partial charge in [0.2, 0.25) is 5.95 Å². The smallest absolute Gasteiger partial charge is 0.263 e. The van der Waals surface area contributed by atoms with Gasteiger partial charge < -0.3 is 25.0 Å². The maximum atomic E-state index is 14.1. The van der Waals surface area contributed by atoms with Crippen LogP contribution in [-0.2, 0) is 22.4 Å². The molecule has 2 saturated heterocycles. The number of nitrogens with zero attached hydrogens (tertiary/aromatic N) is 3. The molecule has 2 N–H and O–H groups in total. The van der Waals surface area contributed by atoms with Crippen molar-refractivity contribution in [1.29, 1.82) is 0 Å². The second kappa shape index (κ2) is 11.1. The molecule has 3 aliphatic heterocycles. The third kappa shape index (κ3) is 5.10. The van der Waals surface area contributed by atoms with Gasteiger partial charge in [-0.3, -0.25) is 14.4 Å². The number of nitrogens with one attached hydrogen (secondary N) is 2. The van der Waals surface area contributed by atoms with E-state index >= 15 is 0 Å². The van der Waals surface area contributed by atoms with Gasteiger partial charge in [-0.05, 0) is 62.2 Å². The van der Waals surface area contributed by atoms with Crippen molar-refractivity contribution < 1.29 is 19.1 Å². The zero-order valence-corrected chi connectivity index (χ0v) is 24.0. The lowest BCUT2D eigenvalue weighted by atomic mass is 9.98. The van der Waals surface area contributed by atoms with Crippen LogP contribution in [0.15, 0.2) is 47.3 Å². The van der Waals surface area contributed by atoms with E-state index < -0.39 is 0 Å². The normalized spacial score (nSPS) is 23.2. The van der Waals surface area contributed by atoms with Gasteiger partial charge in [-0.2, -0.15) is 0 Å². The molecule has 3 aliphatic rings. The lowest BCUT2D eigenvalue weighted by molar-refractivity contribution is -0.0904. The Morgan fingerprint density at radius 1 is 1.05 bits per heavy atom. The lowest BCUT2D eigenvalue weighted by Gasteiger charge is -2.35. The molecular formula is C29H29Cl2N5O5. The molecule has 2 fully saturated rings. The van der Waals surface area contributed by atoms with Crippen LogP contribution in [0.5, 0.6) is 0 Å². The highest BCUT2D eigenvalue weighted by Gasteiger charge is 2.42. The highest BCUT2D eigenvalue weighted by atomic mass is 35.5. The minimum atomic E-state index is -0.280. The largest absolute Gasteiger partial charge is 0.355 e. The average Bonchev–Trinajstić information content (AvgIpc) is 3.59. The molecular weight excluding hydrogens is 569 g/mol. The quantitative estimate of drug-likeness (QED) is 0.461. The summed E-state index contributed by atoms with van der Waals surface area (Å²) in [5.74, 6) is 0.0303. The van der Waals surface area contributed by atoms with Crippen LogP contribution in [0.4, 0.5) is 5.95 Å². The first-order chi connectivity index (χ1) is 19.7. The summed E-state index contributed by atoms with van der Waals surface area (Å²) in [4.78, 5) is 46.3. The number of aromatic nitrogens is 2. The van der Waals surface area contributed by atoms with Crippen molar-refractivity contribution in [2.24, 2.45) is 5.92 Å². The van der Waals surface area contributed by atoms with Crippen LogP contribution in [0.2, 0.25) is 10.0 Å². The summed E-state index contributed by atoms with van der Waals surface area (Å²) in [6, 6.07) is 11.2. The molecule has 0 radical (unpaired) electrons. The van der Waals surface area contributed by atoms with Crippen molar-refractivity contribution in [2.45, 2.75) is 44.7 Å². The zero-order valence-electron chi connectivity index (χ0n) is 22.5. The van der Waals surface area contributed by atoms with E-state index in [1.54, 1.807) is 59.0 Å². The fraction of sp³-hybridized carbons (Fsp3) is 0.379. The maximum absolute atomic E-state index is 14.1. The van der Waals surface area contributed by atoms with Crippen LogP contribution < -0.4 is 16.2 Å². The molecule has 0 aliphatic carbocycles. The molecule has 1 aromatic heterocycles. The average molecular weight is 598 g/mol. The summed E-state index contributed by atoms with van der Waals surface area (Å²) in [6.45, 7) is 3.09. The van der Waals surface area contributed by atoms with Crippen LogP contribution in [-0.4, -0.2) is 64.9 Å². The number of rotatable bonds is 5. The molecule has 214 valence electrons. The number of fused-ring (bicyclic) bond motifs is 2. The SMILES string of the molecule is CNC(=O)c1ccc(-n2c(N[C@H]3CO[C@@H]4OCC[C@@H]43)nc3c(c2=O)C[C@@H](C)N(C(=O)c2ccc(Cl)c(Cl)c2)C3)cc1. The summed E-state index contributed by atoms with van der Waals surface area (Å²) in [6.07, 6.45) is 0.884. The Labute approximate surface area is 246 Å². The molecule has 6 rings (SSSR count). The lowest BCUT2D eigenvalue weighted by Crippen LogP contribution is -2.46. The monoisotopic (exact) mass is 597 g/mol. The van der Waals surface area contributed by atoms with E-state index in [4.69, 9.17) is 37.7 Å². The summed E-state index contributed by atoms with van der Waals surface area (Å²) in [5.41, 5.74) is 2.30. The number of carbonyl (C=O) groups excluding carboxylic acids is 2. The molecule has 2 amide bonds. The first kappa shape index (κ1) is 27.7. The fourth-order valence-corrected chi connectivity index (χ4v) is 6.05. The van der Waals surface area contributed by atoms with E-state index in [-0.39, 0.29) is 48.2 Å². The number of hydrogen-bond acceptors (Lipinski definition) is 7. The number of carbonyl (C=O) groups is 2. The molecule has 2 aromatic carbocycles. The second-order valence-corrected chi connectivity index (χ2v) is 11.3. The molecule has 4 atom stereocenters. The molecule has 0 unspecified atom stereocenters. The van der Waals surface area contributed by atoms with Gasteiger partial charge in [0.1, 0.15) is 0 Å². The third-order valence-electron chi connectivity index (χ3n) is 8.01. The van der Waals surface area contributed by atoms with Gasteiger partial charge in [0.25, 0.3) is 17.4 Å². The first-order valence-electron chi connectivity index (χ1n) is 13.5. The first-order valence-corrected chi connectivity index (χ1v) is 14.2. The number of hydrogen-bond donors (Lipinski definition) is 2. The molecule has 12 heteroatoms. The minimum absolute atomic E-state index is 0.111. The Balaban J connectivity index is 1.39. The Bertz CT molecular complexity index is 1580. The molecule has 10 nitrogen and oxygen atoms in total. The highest BCUT2D eigenvalue weighted by Crippen LogP contribution is 2.34. The molecule has 0 saturated carbocycles. The summed E-state index contributed by atoms with van der Waals surface area (Å²) >= 11 is 12.2. The number of anilines is 1. The van der Waals surface area contributed by atoms with Gasteiger partial charge in [-0.15, -0.1) is 0 Å². The van der Waals surface area contributed by atoms with Gasteiger partial charge in [0.15, 0.2) is 6.29 Å². The van der Waals surface area contributed by atoms with E-state index in [0.29, 0.717) is 63.7 Å². The fourth-order valence-electron chi connectivity index (χ4n) is 5.75. The molecule has 0 spiro atoms. The Morgan fingerprint density at radius 2 is 1.80 bits per heavy atom. The van der Waals surface area contributed by atoms with Crippen molar-refractivity contribution in [3.8, 4) is 5.69 Å². The maximum Gasteiger partial charge on any atom is 0.263 e. The van der Waals surface area contributed by atoms with Crippen LogP contribution in [0.3, 0.4) is 0 Å². The Hall–Kier alpha value is -3.44. The molecule has 41 heavy (non-hydrogen) atoms. The van der Waals surface area contributed by atoms with Crippen molar-refractivity contribution in [2.75, 3.05) is 25.6 Å². The van der Waals surface area contributed by atoms with Crippen molar-refractivity contribution in [3.05, 3.63) is 85.2 Å². The van der Waals surface area contributed by atoms with Gasteiger partial charge in [-0.1, -0.05) is 23.2 Å². The van der Waals surface area contributed by atoms with Crippen molar-refractivity contribution in [3.63, 3.8) is 0 Å². The van der Waals surface area contributed by atoms with Crippen LogP contribution in [0.25, 0.3) is 5.69 Å². The number of halogens is 2. The number of ether oxygens (including phenoxy) is 2. The highest BCUT2D eigenvalue weighted by molar-refractivity contribution is 6.42. The van der Waals surface area contributed by atoms with Crippen LogP contribution in [0, 0.1) is 5.92 Å². The van der Waals surface area contributed by atoms with Gasteiger partial charge in [-0.25, -0.2) is 9.55 Å². The van der Waals surface area contributed by atoms with Gasteiger partial charge in [0, 0.05) is 35.7 Å². The van der Waals surface area contributed by atoms with Crippen molar-refractivity contribution in [1.82, 2.24) is 19.8 Å². The van der Waals surface area contributed by atoms with E-state index in [9.17, 15) is 14.4 Å². The van der Waals surface area contributed by atoms with E-state index in [1.165, 1.54) is 0 Å². The predicted molar refractivity (Wildman–Crippen MR) is 154 cm³/mol.